The number of aryl methyl sites for hydroxylation is 2. The summed E-state index contributed by atoms with van der Waals surface area (Å²) in [6.07, 6.45) is 4.54. The van der Waals surface area contributed by atoms with Crippen molar-refractivity contribution in [2.75, 3.05) is 31.1 Å². The number of benzene rings is 2. The highest BCUT2D eigenvalue weighted by Gasteiger charge is 2.17. The van der Waals surface area contributed by atoms with Gasteiger partial charge in [-0.05, 0) is 61.7 Å². The van der Waals surface area contributed by atoms with Gasteiger partial charge < -0.3 is 9.80 Å². The number of carbonyl (C=O) groups excluding carboxylic acids is 1. The molecule has 0 spiro atoms. The number of anilines is 1. The summed E-state index contributed by atoms with van der Waals surface area (Å²) in [6, 6.07) is 16.1. The van der Waals surface area contributed by atoms with Crippen molar-refractivity contribution in [2.45, 2.75) is 20.3 Å². The molecule has 1 heterocycles. The van der Waals surface area contributed by atoms with Crippen molar-refractivity contribution in [2.24, 2.45) is 0 Å². The van der Waals surface area contributed by atoms with E-state index in [1.54, 1.807) is 6.08 Å². The van der Waals surface area contributed by atoms with E-state index in [2.05, 4.69) is 43.0 Å². The van der Waals surface area contributed by atoms with E-state index in [4.69, 9.17) is 5.26 Å². The molecular weight excluding hydrogens is 334 g/mol. The fourth-order valence-electron chi connectivity index (χ4n) is 3.42. The molecule has 4 heteroatoms. The first kappa shape index (κ1) is 18.7. The maximum absolute atomic E-state index is 12.6. The zero-order chi connectivity index (χ0) is 19.2. The van der Waals surface area contributed by atoms with Crippen molar-refractivity contribution in [3.8, 4) is 6.07 Å². The lowest BCUT2D eigenvalue weighted by Gasteiger charge is -2.23. The second-order valence-electron chi connectivity index (χ2n) is 7.02. The van der Waals surface area contributed by atoms with Gasteiger partial charge in [-0.15, -0.1) is 0 Å². The van der Waals surface area contributed by atoms with E-state index in [0.717, 1.165) is 37.3 Å². The number of hydrogen-bond donors (Lipinski definition) is 0. The molecule has 1 amide bonds. The minimum absolute atomic E-state index is 0.0663. The number of amides is 1. The Bertz CT molecular complexity index is 877. The first-order chi connectivity index (χ1) is 13.1. The molecule has 0 radical (unpaired) electrons. The molecule has 1 aliphatic heterocycles. The van der Waals surface area contributed by atoms with Gasteiger partial charge in [0.2, 0.25) is 5.91 Å². The van der Waals surface area contributed by atoms with Crippen LogP contribution in [0.15, 0.2) is 48.5 Å². The topological polar surface area (TPSA) is 47.3 Å². The molecule has 1 fully saturated rings. The van der Waals surface area contributed by atoms with Crippen LogP contribution in [0.2, 0.25) is 0 Å². The Morgan fingerprint density at radius 1 is 1.04 bits per heavy atom. The Morgan fingerprint density at radius 2 is 1.81 bits per heavy atom. The molecule has 0 aromatic heterocycles. The second-order valence-corrected chi connectivity index (χ2v) is 7.02. The third-order valence-electron chi connectivity index (χ3n) is 5.00. The molecule has 0 unspecified atom stereocenters. The fraction of sp³-hybridized carbons (Fsp3) is 0.304. The van der Waals surface area contributed by atoms with E-state index in [1.807, 2.05) is 35.2 Å². The van der Waals surface area contributed by atoms with Gasteiger partial charge >= 0.3 is 0 Å². The van der Waals surface area contributed by atoms with E-state index in [1.165, 1.54) is 11.1 Å². The van der Waals surface area contributed by atoms with Crippen LogP contribution in [0, 0.1) is 25.2 Å². The number of rotatable bonds is 3. The highest BCUT2D eigenvalue weighted by molar-refractivity contribution is 5.92. The summed E-state index contributed by atoms with van der Waals surface area (Å²) in [5, 5.41) is 8.93. The van der Waals surface area contributed by atoms with E-state index in [9.17, 15) is 4.79 Å². The Morgan fingerprint density at radius 3 is 2.52 bits per heavy atom. The Kier molecular flexibility index (Phi) is 5.93. The highest BCUT2D eigenvalue weighted by Crippen LogP contribution is 2.18. The molecule has 0 saturated carbocycles. The maximum Gasteiger partial charge on any atom is 0.246 e. The molecule has 0 bridgehead atoms. The Labute approximate surface area is 161 Å². The minimum Gasteiger partial charge on any atom is -0.370 e. The van der Waals surface area contributed by atoms with E-state index in [-0.39, 0.29) is 5.91 Å². The SMILES string of the molecule is Cc1ccc(/C=C/C(=O)N2CCCN(c3ccc(C#N)cc3)CC2)c(C)c1. The van der Waals surface area contributed by atoms with Crippen LogP contribution < -0.4 is 4.90 Å². The summed E-state index contributed by atoms with van der Waals surface area (Å²) in [7, 11) is 0. The van der Waals surface area contributed by atoms with Crippen molar-refractivity contribution >= 4 is 17.7 Å². The van der Waals surface area contributed by atoms with Gasteiger partial charge in [0.05, 0.1) is 11.6 Å². The van der Waals surface area contributed by atoms with Crippen molar-refractivity contribution in [1.29, 1.82) is 5.26 Å². The number of hydrogen-bond acceptors (Lipinski definition) is 3. The minimum atomic E-state index is 0.0663. The fourth-order valence-corrected chi connectivity index (χ4v) is 3.42. The highest BCUT2D eigenvalue weighted by atomic mass is 16.2. The number of nitriles is 1. The smallest absolute Gasteiger partial charge is 0.246 e. The molecule has 1 aliphatic rings. The van der Waals surface area contributed by atoms with Crippen LogP contribution in [0.1, 0.15) is 28.7 Å². The molecule has 3 rings (SSSR count). The quantitative estimate of drug-likeness (QED) is 0.780. The molecule has 0 aliphatic carbocycles. The monoisotopic (exact) mass is 359 g/mol. The summed E-state index contributed by atoms with van der Waals surface area (Å²) in [5.74, 6) is 0.0663. The third kappa shape index (κ3) is 4.77. The lowest BCUT2D eigenvalue weighted by molar-refractivity contribution is -0.125. The van der Waals surface area contributed by atoms with Crippen molar-refractivity contribution in [1.82, 2.24) is 4.90 Å². The van der Waals surface area contributed by atoms with Crippen LogP contribution in [-0.2, 0) is 4.79 Å². The largest absolute Gasteiger partial charge is 0.370 e. The third-order valence-corrected chi connectivity index (χ3v) is 5.00. The average molecular weight is 359 g/mol. The molecule has 4 nitrogen and oxygen atoms in total. The predicted octanol–water partition coefficient (Wildman–Crippen LogP) is 3.93. The van der Waals surface area contributed by atoms with Crippen LogP contribution >= 0.6 is 0 Å². The zero-order valence-corrected chi connectivity index (χ0v) is 16.0. The number of nitrogens with zero attached hydrogens (tertiary/aromatic N) is 3. The molecule has 0 N–H and O–H groups in total. The van der Waals surface area contributed by atoms with Gasteiger partial charge in [0.25, 0.3) is 0 Å². The van der Waals surface area contributed by atoms with Crippen LogP contribution in [0.5, 0.6) is 0 Å². The van der Waals surface area contributed by atoms with Gasteiger partial charge in [-0.1, -0.05) is 23.8 Å². The lowest BCUT2D eigenvalue weighted by Crippen LogP contribution is -2.34. The molecular formula is C23H25N3O. The molecule has 1 saturated heterocycles. The van der Waals surface area contributed by atoms with Crippen LogP contribution in [0.25, 0.3) is 6.08 Å². The van der Waals surface area contributed by atoms with Gasteiger partial charge in [0, 0.05) is 37.9 Å². The van der Waals surface area contributed by atoms with Gasteiger partial charge in [0.1, 0.15) is 0 Å². The summed E-state index contributed by atoms with van der Waals surface area (Å²) >= 11 is 0. The average Bonchev–Trinajstić information content (AvgIpc) is 2.93. The summed E-state index contributed by atoms with van der Waals surface area (Å²) in [4.78, 5) is 16.8. The molecule has 27 heavy (non-hydrogen) atoms. The Balaban J connectivity index is 1.62. The normalized spacial score (nSPS) is 14.9. The standard InChI is InChI=1S/C23H25N3O/c1-18-4-7-21(19(2)16-18)8-11-23(27)26-13-3-12-25(14-15-26)22-9-5-20(17-24)6-10-22/h4-11,16H,3,12-15H2,1-2H3/b11-8+. The van der Waals surface area contributed by atoms with Crippen LogP contribution in [0.3, 0.4) is 0 Å². The van der Waals surface area contributed by atoms with Gasteiger partial charge in [-0.3, -0.25) is 4.79 Å². The molecule has 0 atom stereocenters. The van der Waals surface area contributed by atoms with Gasteiger partial charge in [-0.25, -0.2) is 0 Å². The van der Waals surface area contributed by atoms with Crippen LogP contribution in [-0.4, -0.2) is 37.0 Å². The van der Waals surface area contributed by atoms with Gasteiger partial charge in [-0.2, -0.15) is 5.26 Å². The summed E-state index contributed by atoms with van der Waals surface area (Å²) in [6.45, 7) is 7.32. The zero-order valence-electron chi connectivity index (χ0n) is 16.0. The van der Waals surface area contributed by atoms with Crippen LogP contribution in [0.4, 0.5) is 5.69 Å². The van der Waals surface area contributed by atoms with E-state index < -0.39 is 0 Å². The van der Waals surface area contributed by atoms with Crippen molar-refractivity contribution < 1.29 is 4.79 Å². The first-order valence-electron chi connectivity index (χ1n) is 9.36. The van der Waals surface area contributed by atoms with E-state index in [0.29, 0.717) is 12.1 Å². The second kappa shape index (κ2) is 8.55. The van der Waals surface area contributed by atoms with E-state index >= 15 is 0 Å². The predicted molar refractivity (Wildman–Crippen MR) is 110 cm³/mol. The van der Waals surface area contributed by atoms with Crippen molar-refractivity contribution in [3.63, 3.8) is 0 Å². The molecule has 2 aromatic carbocycles. The Hall–Kier alpha value is -3.06. The maximum atomic E-state index is 12.6. The summed E-state index contributed by atoms with van der Waals surface area (Å²) in [5.41, 5.74) is 5.27. The van der Waals surface area contributed by atoms with Gasteiger partial charge in [0.15, 0.2) is 0 Å². The number of carbonyl (C=O) groups is 1. The summed E-state index contributed by atoms with van der Waals surface area (Å²) < 4.78 is 0. The first-order valence-corrected chi connectivity index (χ1v) is 9.36. The molecule has 138 valence electrons. The molecule has 2 aromatic rings. The van der Waals surface area contributed by atoms with Crippen molar-refractivity contribution in [3.05, 3.63) is 70.8 Å². The lowest BCUT2D eigenvalue weighted by atomic mass is 10.1.